The van der Waals surface area contributed by atoms with Gasteiger partial charge >= 0.3 is 0 Å². The number of hydrogen-bond acceptors (Lipinski definition) is 3. The summed E-state index contributed by atoms with van der Waals surface area (Å²) in [6.07, 6.45) is 1.96. The van der Waals surface area contributed by atoms with Crippen LogP contribution in [0.4, 0.5) is 5.69 Å². The van der Waals surface area contributed by atoms with E-state index in [0.29, 0.717) is 5.56 Å². The molecule has 0 aliphatic heterocycles. The number of nitrogens with two attached hydrogens (primary N) is 1. The molecule has 0 atom stereocenters. The van der Waals surface area contributed by atoms with Gasteiger partial charge in [0.1, 0.15) is 17.2 Å². The monoisotopic (exact) mass is 319 g/mol. The van der Waals surface area contributed by atoms with E-state index in [1.807, 2.05) is 12.1 Å². The zero-order chi connectivity index (χ0) is 17.1. The van der Waals surface area contributed by atoms with Crippen molar-refractivity contribution in [3.63, 3.8) is 0 Å². The van der Waals surface area contributed by atoms with Crippen LogP contribution in [0.3, 0.4) is 0 Å². The van der Waals surface area contributed by atoms with Crippen molar-refractivity contribution in [2.75, 3.05) is 5.73 Å². The van der Waals surface area contributed by atoms with E-state index in [4.69, 9.17) is 5.73 Å². The van der Waals surface area contributed by atoms with E-state index >= 15 is 0 Å². The maximum Gasteiger partial charge on any atom is 0.150 e. The SMILES string of the molecule is Cc1ccc(CCc2ccc(-c3ccc(O)c(N)c3O)cc2)cc1. The van der Waals surface area contributed by atoms with E-state index in [2.05, 4.69) is 43.3 Å². The lowest BCUT2D eigenvalue weighted by Crippen LogP contribution is -1.92. The minimum Gasteiger partial charge on any atom is -0.506 e. The molecule has 0 aromatic heterocycles. The highest BCUT2D eigenvalue weighted by Gasteiger charge is 2.10. The highest BCUT2D eigenvalue weighted by molar-refractivity contribution is 5.79. The molecule has 122 valence electrons. The number of phenols is 2. The van der Waals surface area contributed by atoms with Crippen molar-refractivity contribution >= 4 is 5.69 Å². The zero-order valence-corrected chi connectivity index (χ0v) is 13.7. The fourth-order valence-electron chi connectivity index (χ4n) is 2.72. The van der Waals surface area contributed by atoms with Crippen LogP contribution >= 0.6 is 0 Å². The third-order valence-corrected chi connectivity index (χ3v) is 4.28. The summed E-state index contributed by atoms with van der Waals surface area (Å²) in [5.74, 6) is -0.187. The van der Waals surface area contributed by atoms with E-state index < -0.39 is 0 Å². The average molecular weight is 319 g/mol. The summed E-state index contributed by atoms with van der Waals surface area (Å²) in [6, 6.07) is 19.8. The summed E-state index contributed by atoms with van der Waals surface area (Å²) in [4.78, 5) is 0. The molecule has 0 bridgehead atoms. The zero-order valence-electron chi connectivity index (χ0n) is 13.7. The van der Waals surface area contributed by atoms with Crippen molar-refractivity contribution in [2.24, 2.45) is 0 Å². The number of nitrogen functional groups attached to an aromatic ring is 1. The Kier molecular flexibility index (Phi) is 4.43. The van der Waals surface area contributed by atoms with Crippen molar-refractivity contribution < 1.29 is 10.2 Å². The second-order valence-corrected chi connectivity index (χ2v) is 6.08. The van der Waals surface area contributed by atoms with Crippen molar-refractivity contribution in [3.8, 4) is 22.6 Å². The van der Waals surface area contributed by atoms with Gasteiger partial charge in [-0.2, -0.15) is 0 Å². The number of anilines is 1. The minimum absolute atomic E-state index is 0.0101. The number of rotatable bonds is 4. The topological polar surface area (TPSA) is 66.5 Å². The van der Waals surface area contributed by atoms with Gasteiger partial charge in [-0.15, -0.1) is 0 Å². The van der Waals surface area contributed by atoms with Crippen molar-refractivity contribution in [2.45, 2.75) is 19.8 Å². The third kappa shape index (κ3) is 3.35. The lowest BCUT2D eigenvalue weighted by molar-refractivity contribution is 0.456. The Bertz CT molecular complexity index is 837. The molecule has 0 saturated carbocycles. The number of aromatic hydroxyl groups is 2. The highest BCUT2D eigenvalue weighted by atomic mass is 16.3. The van der Waals surface area contributed by atoms with Gasteiger partial charge in [-0.25, -0.2) is 0 Å². The molecule has 3 heteroatoms. The van der Waals surface area contributed by atoms with E-state index in [0.717, 1.165) is 18.4 Å². The van der Waals surface area contributed by atoms with E-state index in [1.165, 1.54) is 22.8 Å². The van der Waals surface area contributed by atoms with Crippen LogP contribution in [-0.4, -0.2) is 10.2 Å². The predicted molar refractivity (Wildman–Crippen MR) is 98.2 cm³/mol. The fourth-order valence-corrected chi connectivity index (χ4v) is 2.72. The van der Waals surface area contributed by atoms with E-state index in [9.17, 15) is 10.2 Å². The Balaban J connectivity index is 1.74. The second-order valence-electron chi connectivity index (χ2n) is 6.08. The molecule has 0 aliphatic carbocycles. The maximum absolute atomic E-state index is 10.1. The minimum atomic E-state index is -0.106. The smallest absolute Gasteiger partial charge is 0.150 e. The van der Waals surface area contributed by atoms with Gasteiger partial charge in [0.05, 0.1) is 0 Å². The van der Waals surface area contributed by atoms with Crippen molar-refractivity contribution in [3.05, 3.63) is 77.4 Å². The number of hydrogen-bond donors (Lipinski definition) is 3. The predicted octanol–water partition coefficient (Wildman–Crippen LogP) is 4.44. The third-order valence-electron chi connectivity index (χ3n) is 4.28. The Morgan fingerprint density at radius 3 is 1.88 bits per heavy atom. The van der Waals surface area contributed by atoms with Crippen LogP contribution in [0.5, 0.6) is 11.5 Å². The van der Waals surface area contributed by atoms with Crippen molar-refractivity contribution in [1.29, 1.82) is 0 Å². The normalized spacial score (nSPS) is 10.7. The largest absolute Gasteiger partial charge is 0.506 e. The molecule has 0 aliphatic rings. The first-order valence-electron chi connectivity index (χ1n) is 8.00. The van der Waals surface area contributed by atoms with Gasteiger partial charge in [-0.1, -0.05) is 54.1 Å². The number of benzene rings is 3. The van der Waals surface area contributed by atoms with Crippen LogP contribution < -0.4 is 5.73 Å². The molecule has 0 radical (unpaired) electrons. The van der Waals surface area contributed by atoms with Crippen LogP contribution in [0.2, 0.25) is 0 Å². The van der Waals surface area contributed by atoms with Gasteiger partial charge in [0, 0.05) is 5.56 Å². The Morgan fingerprint density at radius 1 is 0.750 bits per heavy atom. The van der Waals surface area contributed by atoms with Crippen LogP contribution in [-0.2, 0) is 12.8 Å². The Labute approximate surface area is 142 Å². The van der Waals surface area contributed by atoms with E-state index in [-0.39, 0.29) is 17.2 Å². The summed E-state index contributed by atoms with van der Waals surface area (Å²) in [7, 11) is 0. The molecule has 0 unspecified atom stereocenters. The fraction of sp³-hybridized carbons (Fsp3) is 0.143. The van der Waals surface area contributed by atoms with Gasteiger partial charge in [0.25, 0.3) is 0 Å². The van der Waals surface area contributed by atoms with Gasteiger partial charge in [0.15, 0.2) is 0 Å². The van der Waals surface area contributed by atoms with Crippen LogP contribution in [0, 0.1) is 6.92 Å². The average Bonchev–Trinajstić information content (AvgIpc) is 2.60. The Hall–Kier alpha value is -2.94. The lowest BCUT2D eigenvalue weighted by Gasteiger charge is -2.09. The standard InChI is InChI=1S/C21H21NO2/c1-14-2-4-15(5-3-14)6-7-16-8-10-17(11-9-16)18-12-13-19(23)20(22)21(18)24/h2-5,8-13,23-24H,6-7,22H2,1H3. The molecule has 0 heterocycles. The molecule has 0 amide bonds. The molecular formula is C21H21NO2. The maximum atomic E-state index is 10.1. The number of aryl methyl sites for hydroxylation is 3. The molecule has 3 aromatic rings. The highest BCUT2D eigenvalue weighted by Crippen LogP contribution is 2.39. The molecule has 24 heavy (non-hydrogen) atoms. The first-order chi connectivity index (χ1) is 11.5. The molecule has 3 nitrogen and oxygen atoms in total. The van der Waals surface area contributed by atoms with E-state index in [1.54, 1.807) is 6.07 Å². The van der Waals surface area contributed by atoms with Crippen molar-refractivity contribution in [1.82, 2.24) is 0 Å². The van der Waals surface area contributed by atoms with Crippen LogP contribution in [0.1, 0.15) is 16.7 Å². The molecule has 0 fully saturated rings. The van der Waals surface area contributed by atoms with Gasteiger partial charge in [-0.3, -0.25) is 0 Å². The molecular weight excluding hydrogens is 298 g/mol. The summed E-state index contributed by atoms with van der Waals surface area (Å²) in [5.41, 5.74) is 11.0. The summed E-state index contributed by atoms with van der Waals surface area (Å²) in [5, 5.41) is 19.6. The molecule has 4 N–H and O–H groups in total. The van der Waals surface area contributed by atoms with Gasteiger partial charge in [-0.05, 0) is 48.6 Å². The van der Waals surface area contributed by atoms with Gasteiger partial charge in [0.2, 0.25) is 0 Å². The summed E-state index contributed by atoms with van der Waals surface area (Å²) in [6.45, 7) is 2.09. The lowest BCUT2D eigenvalue weighted by atomic mass is 9.99. The quantitative estimate of drug-likeness (QED) is 0.492. The van der Waals surface area contributed by atoms with Gasteiger partial charge < -0.3 is 15.9 Å². The molecule has 0 spiro atoms. The van der Waals surface area contributed by atoms with Crippen LogP contribution in [0.15, 0.2) is 60.7 Å². The summed E-state index contributed by atoms with van der Waals surface area (Å²) < 4.78 is 0. The molecule has 0 saturated heterocycles. The molecule has 3 aromatic carbocycles. The first-order valence-corrected chi connectivity index (χ1v) is 8.00. The second kappa shape index (κ2) is 6.67. The first kappa shape index (κ1) is 15.9. The van der Waals surface area contributed by atoms with Crippen LogP contribution in [0.25, 0.3) is 11.1 Å². The summed E-state index contributed by atoms with van der Waals surface area (Å²) >= 11 is 0. The number of phenolic OH excluding ortho intramolecular Hbond substituents is 2. The Morgan fingerprint density at radius 2 is 1.29 bits per heavy atom. The molecule has 3 rings (SSSR count).